The Morgan fingerprint density at radius 2 is 1.81 bits per heavy atom. The molecule has 0 bridgehead atoms. The standard InChI is InChI=1S/C11H16O3.C11H14O2/c1-4-5-9-6-7-11(12,14-3)10(8-9)13-2;1-4-5-9-6-8(2)11(12)10(7-9)13-3/h4,6-8,10,12H,1,5H2,2-3H3;4,6-7,12H,1,5H2,2-3H3. The van der Waals surface area contributed by atoms with Crippen LogP contribution >= 0.6 is 0 Å². The molecule has 1 aromatic rings. The van der Waals surface area contributed by atoms with Crippen LogP contribution < -0.4 is 4.74 Å². The zero-order chi connectivity index (χ0) is 20.4. The highest BCUT2D eigenvalue weighted by molar-refractivity contribution is 5.48. The van der Waals surface area contributed by atoms with E-state index in [0.29, 0.717) is 5.75 Å². The van der Waals surface area contributed by atoms with Crippen molar-refractivity contribution in [2.75, 3.05) is 21.3 Å². The Hall–Kier alpha value is -2.34. The van der Waals surface area contributed by atoms with Crippen molar-refractivity contribution in [1.29, 1.82) is 0 Å². The lowest BCUT2D eigenvalue weighted by molar-refractivity contribution is -0.203. The normalized spacial score (nSPS) is 20.9. The van der Waals surface area contributed by atoms with E-state index in [9.17, 15) is 10.2 Å². The van der Waals surface area contributed by atoms with Gasteiger partial charge in [-0.1, -0.05) is 24.3 Å². The number of aryl methyl sites for hydroxylation is 1. The Labute approximate surface area is 161 Å². The first-order valence-corrected chi connectivity index (χ1v) is 8.63. The highest BCUT2D eigenvalue weighted by atomic mass is 16.6. The molecule has 148 valence electrons. The van der Waals surface area contributed by atoms with Gasteiger partial charge >= 0.3 is 0 Å². The summed E-state index contributed by atoms with van der Waals surface area (Å²) in [7, 11) is 4.53. The third-order valence-electron chi connectivity index (χ3n) is 4.20. The summed E-state index contributed by atoms with van der Waals surface area (Å²) in [5, 5.41) is 19.5. The van der Waals surface area contributed by atoms with Crippen LogP contribution in [-0.4, -0.2) is 43.4 Å². The second-order valence-corrected chi connectivity index (χ2v) is 6.14. The monoisotopic (exact) mass is 374 g/mol. The molecule has 0 radical (unpaired) electrons. The van der Waals surface area contributed by atoms with Gasteiger partial charge in [0, 0.05) is 14.2 Å². The Morgan fingerprint density at radius 1 is 1.15 bits per heavy atom. The molecule has 0 aliphatic heterocycles. The summed E-state index contributed by atoms with van der Waals surface area (Å²) >= 11 is 0. The van der Waals surface area contributed by atoms with E-state index >= 15 is 0 Å². The molecular formula is C22H30O5. The van der Waals surface area contributed by atoms with Gasteiger partial charge in [0.1, 0.15) is 6.10 Å². The molecule has 0 amide bonds. The summed E-state index contributed by atoms with van der Waals surface area (Å²) in [6.45, 7) is 9.16. The van der Waals surface area contributed by atoms with E-state index in [2.05, 4.69) is 13.2 Å². The fourth-order valence-corrected chi connectivity index (χ4v) is 2.67. The number of aromatic hydroxyl groups is 1. The molecule has 2 unspecified atom stereocenters. The first-order chi connectivity index (χ1) is 12.8. The molecule has 1 aliphatic rings. The van der Waals surface area contributed by atoms with Gasteiger partial charge in [0.05, 0.1) is 7.11 Å². The topological polar surface area (TPSA) is 68.2 Å². The molecular weight excluding hydrogens is 344 g/mol. The molecule has 5 nitrogen and oxygen atoms in total. The van der Waals surface area contributed by atoms with Gasteiger partial charge in [0.2, 0.25) is 5.79 Å². The minimum Gasteiger partial charge on any atom is -0.504 e. The number of allylic oxidation sites excluding steroid dienone is 4. The van der Waals surface area contributed by atoms with Crippen LogP contribution in [0.2, 0.25) is 0 Å². The number of hydrogen-bond donors (Lipinski definition) is 2. The smallest absolute Gasteiger partial charge is 0.216 e. The van der Waals surface area contributed by atoms with E-state index in [4.69, 9.17) is 14.2 Å². The maximum atomic E-state index is 9.92. The summed E-state index contributed by atoms with van der Waals surface area (Å²) < 4.78 is 15.1. The zero-order valence-electron chi connectivity index (χ0n) is 16.6. The highest BCUT2D eigenvalue weighted by Crippen LogP contribution is 2.31. The van der Waals surface area contributed by atoms with Crippen LogP contribution in [0.1, 0.15) is 17.5 Å². The number of aliphatic hydroxyl groups is 1. The van der Waals surface area contributed by atoms with Crippen LogP contribution in [0.5, 0.6) is 11.5 Å². The molecule has 0 saturated heterocycles. The lowest BCUT2D eigenvalue weighted by Crippen LogP contribution is -2.43. The number of phenols is 1. The first-order valence-electron chi connectivity index (χ1n) is 8.63. The van der Waals surface area contributed by atoms with Crippen molar-refractivity contribution in [1.82, 2.24) is 0 Å². The summed E-state index contributed by atoms with van der Waals surface area (Å²) in [6, 6.07) is 3.75. The van der Waals surface area contributed by atoms with Gasteiger partial charge in [-0.05, 0) is 54.7 Å². The Morgan fingerprint density at radius 3 is 2.33 bits per heavy atom. The largest absolute Gasteiger partial charge is 0.504 e. The molecule has 0 fully saturated rings. The van der Waals surface area contributed by atoms with Gasteiger partial charge in [0.25, 0.3) is 0 Å². The number of phenolic OH excluding ortho intramolecular Hbond substituents is 1. The SMILES string of the molecule is C=CCC1=CC(OC)C(O)(OC)C=C1.C=CCc1cc(C)c(O)c(OC)c1. The summed E-state index contributed by atoms with van der Waals surface area (Å²) in [4.78, 5) is 0. The van der Waals surface area contributed by atoms with Crippen molar-refractivity contribution in [3.8, 4) is 11.5 Å². The quantitative estimate of drug-likeness (QED) is 0.560. The fraction of sp³-hybridized carbons (Fsp3) is 0.364. The average Bonchev–Trinajstić information content (AvgIpc) is 2.67. The molecule has 2 N–H and O–H groups in total. The van der Waals surface area contributed by atoms with E-state index in [-0.39, 0.29) is 5.75 Å². The summed E-state index contributed by atoms with van der Waals surface area (Å²) in [5.74, 6) is -0.605. The molecule has 2 rings (SSSR count). The van der Waals surface area contributed by atoms with Gasteiger partial charge in [0.15, 0.2) is 11.5 Å². The van der Waals surface area contributed by atoms with Crippen LogP contribution in [0, 0.1) is 6.92 Å². The number of ether oxygens (including phenoxy) is 3. The van der Waals surface area contributed by atoms with E-state index in [1.807, 2.05) is 37.3 Å². The van der Waals surface area contributed by atoms with E-state index in [0.717, 1.165) is 29.5 Å². The Kier molecular flexibility index (Phi) is 9.02. The third kappa shape index (κ3) is 6.10. The molecule has 2 atom stereocenters. The van der Waals surface area contributed by atoms with Crippen molar-refractivity contribution in [2.24, 2.45) is 0 Å². The van der Waals surface area contributed by atoms with Gasteiger partial charge in [-0.25, -0.2) is 0 Å². The van der Waals surface area contributed by atoms with Crippen LogP contribution in [0.15, 0.2) is 61.2 Å². The predicted octanol–water partition coefficient (Wildman–Crippen LogP) is 3.85. The second kappa shape index (κ2) is 10.7. The lowest BCUT2D eigenvalue weighted by atomic mass is 9.97. The van der Waals surface area contributed by atoms with Crippen molar-refractivity contribution in [3.05, 3.63) is 72.4 Å². The Bertz CT molecular complexity index is 705. The molecule has 1 aliphatic carbocycles. The second-order valence-electron chi connectivity index (χ2n) is 6.14. The van der Waals surface area contributed by atoms with Gasteiger partial charge in [-0.15, -0.1) is 13.2 Å². The van der Waals surface area contributed by atoms with Crippen molar-refractivity contribution in [2.45, 2.75) is 31.7 Å². The van der Waals surface area contributed by atoms with Crippen LogP contribution in [-0.2, 0) is 15.9 Å². The van der Waals surface area contributed by atoms with Gasteiger partial charge < -0.3 is 24.4 Å². The predicted molar refractivity (Wildman–Crippen MR) is 108 cm³/mol. The summed E-state index contributed by atoms with van der Waals surface area (Å²) in [5.41, 5.74) is 2.99. The molecule has 0 spiro atoms. The zero-order valence-corrected chi connectivity index (χ0v) is 16.6. The lowest BCUT2D eigenvalue weighted by Gasteiger charge is -2.32. The van der Waals surface area contributed by atoms with E-state index in [1.165, 1.54) is 14.2 Å². The Balaban J connectivity index is 0.000000271. The maximum Gasteiger partial charge on any atom is 0.216 e. The molecule has 0 heterocycles. The van der Waals surface area contributed by atoms with Crippen molar-refractivity contribution >= 4 is 0 Å². The average molecular weight is 374 g/mol. The van der Waals surface area contributed by atoms with Crippen molar-refractivity contribution < 1.29 is 24.4 Å². The van der Waals surface area contributed by atoms with Gasteiger partial charge in [-0.3, -0.25) is 0 Å². The number of benzene rings is 1. The van der Waals surface area contributed by atoms with Gasteiger partial charge in [-0.2, -0.15) is 0 Å². The minimum atomic E-state index is -1.35. The van der Waals surface area contributed by atoms with Crippen LogP contribution in [0.25, 0.3) is 0 Å². The minimum absolute atomic E-state index is 0.218. The third-order valence-corrected chi connectivity index (χ3v) is 4.20. The van der Waals surface area contributed by atoms with Crippen LogP contribution in [0.3, 0.4) is 0 Å². The first kappa shape index (κ1) is 22.7. The maximum absolute atomic E-state index is 9.92. The molecule has 0 aromatic heterocycles. The molecule has 27 heavy (non-hydrogen) atoms. The molecule has 1 aromatic carbocycles. The van der Waals surface area contributed by atoms with E-state index in [1.54, 1.807) is 19.3 Å². The van der Waals surface area contributed by atoms with Crippen molar-refractivity contribution in [3.63, 3.8) is 0 Å². The van der Waals surface area contributed by atoms with Crippen LogP contribution in [0.4, 0.5) is 0 Å². The molecule has 5 heteroatoms. The number of hydrogen-bond acceptors (Lipinski definition) is 5. The number of rotatable bonds is 7. The molecule has 0 saturated carbocycles. The fourth-order valence-electron chi connectivity index (χ4n) is 2.67. The highest BCUT2D eigenvalue weighted by Gasteiger charge is 2.35. The van der Waals surface area contributed by atoms with E-state index < -0.39 is 11.9 Å². The summed E-state index contributed by atoms with van der Waals surface area (Å²) in [6.07, 6.45) is 9.97. The number of methoxy groups -OCH3 is 3.